The molecular weight excluding hydrogens is 161 g/mol. The molecule has 58 valence electrons. The van der Waals surface area contributed by atoms with Crippen LogP contribution >= 0.6 is 0 Å². The molecule has 0 saturated carbocycles. The Hall–Kier alpha value is 0.414. The molecule has 0 amide bonds. The molecule has 0 radical (unpaired) electrons. The van der Waals surface area contributed by atoms with E-state index in [1.165, 1.54) is 0 Å². The minimum Gasteiger partial charge on any atom is -0.395 e. The van der Waals surface area contributed by atoms with E-state index in [0.29, 0.717) is 6.54 Å². The minimum atomic E-state index is 0. The summed E-state index contributed by atoms with van der Waals surface area (Å²) in [5.74, 6) is 0. The topological polar surface area (TPSA) is 23.5 Å². The number of rotatable bonds is 3. The van der Waals surface area contributed by atoms with E-state index in [1.54, 1.807) is 0 Å². The van der Waals surface area contributed by atoms with Gasteiger partial charge in [0.25, 0.3) is 0 Å². The second-order valence-corrected chi connectivity index (χ2v) is 1.86. The summed E-state index contributed by atoms with van der Waals surface area (Å²) in [4.78, 5) is 1.88. The number of hydrogen-bond donors (Lipinski definition) is 1. The van der Waals surface area contributed by atoms with Crippen LogP contribution < -0.4 is 0 Å². The average Bonchev–Trinajstić information content (AvgIpc) is 1.67. The third-order valence-electron chi connectivity index (χ3n) is 1.08. The Morgan fingerprint density at radius 1 is 1.56 bits per heavy atom. The van der Waals surface area contributed by atoms with Crippen LogP contribution in [-0.2, 0) is 16.5 Å². The minimum absolute atomic E-state index is 0. The molecule has 0 saturated heterocycles. The van der Waals surface area contributed by atoms with Crippen LogP contribution in [0.15, 0.2) is 0 Å². The summed E-state index contributed by atoms with van der Waals surface area (Å²) in [5.41, 5.74) is 0. The molecule has 0 aromatic carbocycles. The maximum atomic E-state index is 8.39. The molecular formula is C6H13NNiO. The second kappa shape index (κ2) is 6.53. The normalized spacial score (nSPS) is 10.0. The number of aliphatic hydroxyl groups is 1. The Morgan fingerprint density at radius 3 is 2.11 bits per heavy atom. The van der Waals surface area contributed by atoms with Gasteiger partial charge in [0.1, 0.15) is 0 Å². The average molecular weight is 174 g/mol. The Balaban J connectivity index is 0. The molecule has 9 heavy (non-hydrogen) atoms. The summed E-state index contributed by atoms with van der Waals surface area (Å²) >= 11 is 0. The summed E-state index contributed by atoms with van der Waals surface area (Å²) in [5, 5.41) is 8.39. The molecule has 1 N–H and O–H groups in total. The predicted molar refractivity (Wildman–Crippen MR) is 34.2 cm³/mol. The summed E-state index contributed by atoms with van der Waals surface area (Å²) in [7, 11) is 1.88. The van der Waals surface area contributed by atoms with Crippen LogP contribution in [0.4, 0.5) is 0 Å². The van der Waals surface area contributed by atoms with Crippen LogP contribution in [0.3, 0.4) is 0 Å². The molecule has 0 aliphatic carbocycles. The van der Waals surface area contributed by atoms with Crippen LogP contribution in [0.1, 0.15) is 0 Å². The first kappa shape index (κ1) is 12.1. The molecule has 0 aliphatic rings. The van der Waals surface area contributed by atoms with Gasteiger partial charge >= 0.3 is 16.5 Å². The number of likely N-dealkylation sites (N-methyl/N-ethyl adjacent to an activating group) is 1. The predicted octanol–water partition coefficient (Wildman–Crippen LogP) is -0.0552. The van der Waals surface area contributed by atoms with Gasteiger partial charge in [-0.1, -0.05) is 0 Å². The molecule has 0 aromatic rings. The SMILES string of the molecule is [CH2-]C([CH2-])N(C)CCO.[Ni+2]. The van der Waals surface area contributed by atoms with E-state index in [1.807, 2.05) is 11.9 Å². The van der Waals surface area contributed by atoms with Crippen molar-refractivity contribution in [3.05, 3.63) is 13.8 Å². The zero-order chi connectivity index (χ0) is 6.57. The fourth-order valence-corrected chi connectivity index (χ4v) is 0.340. The molecule has 0 unspecified atom stereocenters. The third-order valence-corrected chi connectivity index (χ3v) is 1.08. The molecule has 0 fully saturated rings. The van der Waals surface area contributed by atoms with Crippen molar-refractivity contribution in [3.8, 4) is 0 Å². The van der Waals surface area contributed by atoms with Crippen LogP contribution in [0, 0.1) is 13.8 Å². The van der Waals surface area contributed by atoms with E-state index >= 15 is 0 Å². The van der Waals surface area contributed by atoms with Gasteiger partial charge in [0, 0.05) is 6.54 Å². The molecule has 0 aliphatic heterocycles. The summed E-state index contributed by atoms with van der Waals surface area (Å²) < 4.78 is 0. The summed E-state index contributed by atoms with van der Waals surface area (Å²) in [6, 6.07) is 0.0437. The van der Waals surface area contributed by atoms with Crippen molar-refractivity contribution in [3.63, 3.8) is 0 Å². The van der Waals surface area contributed by atoms with Crippen LogP contribution in [0.25, 0.3) is 0 Å². The molecule has 0 rings (SSSR count). The van der Waals surface area contributed by atoms with Gasteiger partial charge in [0.2, 0.25) is 0 Å². The van der Waals surface area contributed by atoms with Crippen molar-refractivity contribution in [2.75, 3.05) is 20.2 Å². The maximum absolute atomic E-state index is 8.39. The van der Waals surface area contributed by atoms with E-state index < -0.39 is 0 Å². The smallest absolute Gasteiger partial charge is 0.395 e. The van der Waals surface area contributed by atoms with E-state index in [0.717, 1.165) is 0 Å². The van der Waals surface area contributed by atoms with Crippen molar-refractivity contribution < 1.29 is 21.6 Å². The molecule has 0 heterocycles. The Kier molecular flexibility index (Phi) is 8.80. The monoisotopic (exact) mass is 173 g/mol. The fourth-order valence-electron chi connectivity index (χ4n) is 0.340. The number of aliphatic hydroxyl groups excluding tert-OH is 1. The molecule has 3 heteroatoms. The van der Waals surface area contributed by atoms with Crippen LogP contribution in [0.2, 0.25) is 0 Å². The van der Waals surface area contributed by atoms with Gasteiger partial charge in [-0.25, -0.2) is 6.04 Å². The van der Waals surface area contributed by atoms with E-state index in [9.17, 15) is 0 Å². The molecule has 0 spiro atoms. The van der Waals surface area contributed by atoms with Crippen molar-refractivity contribution in [2.24, 2.45) is 0 Å². The Bertz CT molecular complexity index is 59.0. The molecule has 2 nitrogen and oxygen atoms in total. The first-order valence-electron chi connectivity index (χ1n) is 2.65. The zero-order valence-electron chi connectivity index (χ0n) is 5.62. The number of hydrogen-bond acceptors (Lipinski definition) is 2. The van der Waals surface area contributed by atoms with E-state index in [-0.39, 0.29) is 29.1 Å². The van der Waals surface area contributed by atoms with Crippen molar-refractivity contribution in [1.82, 2.24) is 4.90 Å². The standard InChI is InChI=1S/C6H13NO.Ni/c1-6(2)7(3)4-5-8;/h6,8H,1-2,4-5H2,3H3;/q-2;+2. The third kappa shape index (κ3) is 6.30. The Morgan fingerprint density at radius 2 is 2.00 bits per heavy atom. The molecule has 0 bridgehead atoms. The van der Waals surface area contributed by atoms with E-state index in [2.05, 4.69) is 13.8 Å². The zero-order valence-corrected chi connectivity index (χ0v) is 6.60. The van der Waals surface area contributed by atoms with Gasteiger partial charge in [-0.3, -0.25) is 0 Å². The molecule has 0 atom stereocenters. The van der Waals surface area contributed by atoms with Gasteiger partial charge in [-0.2, -0.15) is 0 Å². The first-order chi connectivity index (χ1) is 3.68. The summed E-state index contributed by atoms with van der Waals surface area (Å²) in [6.45, 7) is 8.15. The van der Waals surface area contributed by atoms with Gasteiger partial charge in [-0.05, 0) is 7.05 Å². The fraction of sp³-hybridized carbons (Fsp3) is 0.667. The first-order valence-corrected chi connectivity index (χ1v) is 2.65. The quantitative estimate of drug-likeness (QED) is 0.478. The summed E-state index contributed by atoms with van der Waals surface area (Å²) in [6.07, 6.45) is 0. The molecule has 0 aromatic heterocycles. The van der Waals surface area contributed by atoms with Crippen molar-refractivity contribution >= 4 is 0 Å². The van der Waals surface area contributed by atoms with Gasteiger partial charge in [0.15, 0.2) is 0 Å². The largest absolute Gasteiger partial charge is 2.00 e. The maximum Gasteiger partial charge on any atom is 2.00 e. The van der Waals surface area contributed by atoms with Gasteiger partial charge < -0.3 is 23.9 Å². The van der Waals surface area contributed by atoms with E-state index in [4.69, 9.17) is 5.11 Å². The second-order valence-electron chi connectivity index (χ2n) is 1.86. The van der Waals surface area contributed by atoms with Crippen molar-refractivity contribution in [2.45, 2.75) is 6.04 Å². The number of nitrogens with zero attached hydrogens (tertiary/aromatic N) is 1. The van der Waals surface area contributed by atoms with Crippen LogP contribution in [0.5, 0.6) is 0 Å². The van der Waals surface area contributed by atoms with Crippen LogP contribution in [-0.4, -0.2) is 36.2 Å². The Labute approximate surface area is 67.2 Å². The van der Waals surface area contributed by atoms with Gasteiger partial charge in [-0.15, -0.1) is 0 Å². The van der Waals surface area contributed by atoms with Gasteiger partial charge in [0.05, 0.1) is 6.61 Å². The van der Waals surface area contributed by atoms with Crippen molar-refractivity contribution in [1.29, 1.82) is 0 Å².